The van der Waals surface area contributed by atoms with Crippen molar-refractivity contribution in [3.05, 3.63) is 45.8 Å². The van der Waals surface area contributed by atoms with E-state index in [-0.39, 0.29) is 16.8 Å². The van der Waals surface area contributed by atoms with Crippen LogP contribution in [0.1, 0.15) is 51.7 Å². The monoisotopic (exact) mass is 436 g/mol. The Balaban J connectivity index is 1.82. The van der Waals surface area contributed by atoms with Gasteiger partial charge in [0.2, 0.25) is 5.43 Å². The molecule has 2 aliphatic rings. The van der Waals surface area contributed by atoms with Crippen LogP contribution in [-0.2, 0) is 12.8 Å². The number of ether oxygens (including phenoxy) is 3. The second-order valence-corrected chi connectivity index (χ2v) is 9.91. The Kier molecular flexibility index (Phi) is 4.49. The van der Waals surface area contributed by atoms with Crippen molar-refractivity contribution in [2.75, 3.05) is 7.11 Å². The van der Waals surface area contributed by atoms with Crippen LogP contribution in [0.5, 0.6) is 23.0 Å². The van der Waals surface area contributed by atoms with Crippen molar-refractivity contribution in [3.8, 4) is 34.1 Å². The summed E-state index contributed by atoms with van der Waals surface area (Å²) >= 11 is 0. The Morgan fingerprint density at radius 2 is 1.62 bits per heavy atom. The largest absolute Gasteiger partial charge is 0.504 e. The molecule has 0 saturated heterocycles. The number of aryl methyl sites for hydroxylation is 1. The molecule has 0 amide bonds. The zero-order valence-corrected chi connectivity index (χ0v) is 19.1. The van der Waals surface area contributed by atoms with Gasteiger partial charge in [0.25, 0.3) is 0 Å². The van der Waals surface area contributed by atoms with Crippen molar-refractivity contribution in [1.82, 2.24) is 0 Å². The van der Waals surface area contributed by atoms with E-state index in [1.807, 2.05) is 13.8 Å². The zero-order valence-electron chi connectivity index (χ0n) is 19.1. The second kappa shape index (κ2) is 6.92. The molecule has 6 nitrogen and oxygen atoms in total. The molecule has 168 valence electrons. The van der Waals surface area contributed by atoms with Crippen LogP contribution in [0.15, 0.2) is 33.7 Å². The third-order valence-electron chi connectivity index (χ3n) is 6.52. The lowest BCUT2D eigenvalue weighted by Crippen LogP contribution is -2.37. The fourth-order valence-corrected chi connectivity index (χ4v) is 4.68. The number of phenols is 1. The molecule has 1 aromatic heterocycles. The minimum atomic E-state index is -0.400. The number of fused-ring (bicyclic) bond motifs is 6. The molecule has 0 unspecified atom stereocenters. The Hall–Kier alpha value is -3.15. The van der Waals surface area contributed by atoms with Crippen LogP contribution < -0.4 is 19.6 Å². The number of methoxy groups -OCH3 is 1. The van der Waals surface area contributed by atoms with Crippen molar-refractivity contribution >= 4 is 11.0 Å². The third-order valence-corrected chi connectivity index (χ3v) is 6.52. The first-order valence-corrected chi connectivity index (χ1v) is 11.0. The van der Waals surface area contributed by atoms with Gasteiger partial charge in [-0.2, -0.15) is 0 Å². The fourth-order valence-electron chi connectivity index (χ4n) is 4.68. The maximum atomic E-state index is 13.8. The summed E-state index contributed by atoms with van der Waals surface area (Å²) in [6, 6.07) is 4.82. The number of benzene rings is 2. The van der Waals surface area contributed by atoms with Gasteiger partial charge in [0, 0.05) is 11.1 Å². The normalized spacial score (nSPS) is 18.3. The highest BCUT2D eigenvalue weighted by atomic mass is 16.5. The van der Waals surface area contributed by atoms with Crippen molar-refractivity contribution in [3.63, 3.8) is 0 Å². The topological polar surface area (TPSA) is 78.1 Å². The minimum Gasteiger partial charge on any atom is -0.504 e. The van der Waals surface area contributed by atoms with Gasteiger partial charge in [0.05, 0.1) is 12.7 Å². The molecular weight excluding hydrogens is 408 g/mol. The molecule has 0 radical (unpaired) electrons. The molecule has 0 aliphatic carbocycles. The summed E-state index contributed by atoms with van der Waals surface area (Å²) in [5.41, 5.74) is 2.57. The molecule has 32 heavy (non-hydrogen) atoms. The van der Waals surface area contributed by atoms with Gasteiger partial charge in [0.15, 0.2) is 11.5 Å². The van der Waals surface area contributed by atoms with Gasteiger partial charge in [-0.05, 0) is 71.1 Å². The smallest absolute Gasteiger partial charge is 0.204 e. The molecule has 5 rings (SSSR count). The van der Waals surface area contributed by atoms with Crippen molar-refractivity contribution in [2.45, 2.75) is 64.6 Å². The average Bonchev–Trinajstić information content (AvgIpc) is 2.73. The number of phenolic OH excluding ortho intramolecular Hbond substituents is 1. The first kappa shape index (κ1) is 20.7. The molecule has 0 fully saturated rings. The standard InChI is InChI=1S/C26H28O6/c1-25(2)10-8-15-22(31-25)16-9-11-26(3,4)32-24(16)20-21(28)17(13-30-23(15)20)14-6-7-18(27)19(12-14)29-5/h6-7,12-13,27H,8-11H2,1-5H3. The van der Waals surface area contributed by atoms with Gasteiger partial charge in [-0.25, -0.2) is 0 Å². The molecule has 6 heteroatoms. The highest BCUT2D eigenvalue weighted by Crippen LogP contribution is 2.49. The Bertz CT molecular complexity index is 1300. The minimum absolute atomic E-state index is 0.0118. The average molecular weight is 437 g/mol. The summed E-state index contributed by atoms with van der Waals surface area (Å²) < 4.78 is 24.1. The fraction of sp³-hybridized carbons (Fsp3) is 0.423. The van der Waals surface area contributed by atoms with Crippen LogP contribution in [0.4, 0.5) is 0 Å². The van der Waals surface area contributed by atoms with E-state index in [1.165, 1.54) is 19.4 Å². The highest BCUT2D eigenvalue weighted by Gasteiger charge is 2.38. The van der Waals surface area contributed by atoms with Gasteiger partial charge in [-0.3, -0.25) is 4.79 Å². The van der Waals surface area contributed by atoms with E-state index >= 15 is 0 Å². The van der Waals surface area contributed by atoms with Crippen molar-refractivity contribution < 1.29 is 23.7 Å². The summed E-state index contributed by atoms with van der Waals surface area (Å²) in [5, 5.41) is 10.4. The molecule has 0 spiro atoms. The Morgan fingerprint density at radius 3 is 2.31 bits per heavy atom. The van der Waals surface area contributed by atoms with Gasteiger partial charge in [-0.1, -0.05) is 6.07 Å². The summed E-state index contributed by atoms with van der Waals surface area (Å²) in [6.45, 7) is 8.22. The Morgan fingerprint density at radius 1 is 0.969 bits per heavy atom. The summed E-state index contributed by atoms with van der Waals surface area (Å²) in [7, 11) is 1.47. The van der Waals surface area contributed by atoms with Gasteiger partial charge in [-0.15, -0.1) is 0 Å². The molecule has 0 atom stereocenters. The van der Waals surface area contributed by atoms with Crippen LogP contribution in [0.25, 0.3) is 22.1 Å². The van der Waals surface area contributed by atoms with Gasteiger partial charge in [0.1, 0.15) is 39.9 Å². The van der Waals surface area contributed by atoms with Crippen molar-refractivity contribution in [2.24, 2.45) is 0 Å². The molecule has 2 aliphatic heterocycles. The first-order valence-electron chi connectivity index (χ1n) is 11.0. The van der Waals surface area contributed by atoms with E-state index in [0.29, 0.717) is 33.6 Å². The maximum absolute atomic E-state index is 13.8. The SMILES string of the molecule is COc1cc(-c2coc3c4c(c5c(c3c2=O)OC(C)(C)CC5)OC(C)(C)CC4)ccc1O. The van der Waals surface area contributed by atoms with E-state index in [9.17, 15) is 9.90 Å². The molecule has 3 aromatic rings. The van der Waals surface area contributed by atoms with E-state index in [4.69, 9.17) is 18.6 Å². The maximum Gasteiger partial charge on any atom is 0.204 e. The van der Waals surface area contributed by atoms with Crippen LogP contribution in [0, 0.1) is 0 Å². The predicted octanol–water partition coefficient (Wildman–Crippen LogP) is 5.38. The molecular formula is C26H28O6. The van der Waals surface area contributed by atoms with E-state index in [0.717, 1.165) is 42.6 Å². The number of hydrogen-bond acceptors (Lipinski definition) is 6. The lowest BCUT2D eigenvalue weighted by molar-refractivity contribution is 0.0682. The first-order chi connectivity index (χ1) is 15.1. The molecule has 0 bridgehead atoms. The summed E-state index contributed by atoms with van der Waals surface area (Å²) in [5.74, 6) is 1.68. The number of aromatic hydroxyl groups is 1. The molecule has 2 aromatic carbocycles. The molecule has 1 N–H and O–H groups in total. The second-order valence-electron chi connectivity index (χ2n) is 9.91. The van der Waals surface area contributed by atoms with Crippen molar-refractivity contribution in [1.29, 1.82) is 0 Å². The van der Waals surface area contributed by atoms with Gasteiger partial charge >= 0.3 is 0 Å². The lowest BCUT2D eigenvalue weighted by atomic mass is 9.86. The van der Waals surface area contributed by atoms with Crippen LogP contribution in [-0.4, -0.2) is 23.4 Å². The quantitative estimate of drug-likeness (QED) is 0.581. The van der Waals surface area contributed by atoms with Crippen LogP contribution in [0.2, 0.25) is 0 Å². The summed E-state index contributed by atoms with van der Waals surface area (Å²) in [6.07, 6.45) is 4.69. The number of hydrogen-bond donors (Lipinski definition) is 1. The third kappa shape index (κ3) is 3.20. The van der Waals surface area contributed by atoms with Crippen LogP contribution in [0.3, 0.4) is 0 Å². The Labute approximate surface area is 186 Å². The number of rotatable bonds is 2. The van der Waals surface area contributed by atoms with Crippen LogP contribution >= 0.6 is 0 Å². The molecule has 3 heterocycles. The predicted molar refractivity (Wildman–Crippen MR) is 122 cm³/mol. The summed E-state index contributed by atoms with van der Waals surface area (Å²) in [4.78, 5) is 13.8. The van der Waals surface area contributed by atoms with Gasteiger partial charge < -0.3 is 23.7 Å². The zero-order chi connectivity index (χ0) is 22.8. The molecule has 0 saturated carbocycles. The van der Waals surface area contributed by atoms with E-state index in [1.54, 1.807) is 12.1 Å². The lowest BCUT2D eigenvalue weighted by Gasteiger charge is -2.39. The highest BCUT2D eigenvalue weighted by molar-refractivity contribution is 5.93. The van der Waals surface area contributed by atoms with E-state index < -0.39 is 5.60 Å². The van der Waals surface area contributed by atoms with E-state index in [2.05, 4.69) is 13.8 Å².